The topological polar surface area (TPSA) is 76.0 Å². The Morgan fingerprint density at radius 2 is 1.46 bits per heavy atom. The Morgan fingerprint density at radius 1 is 0.821 bits per heavy atom. The normalized spacial score (nSPS) is 11.0. The van der Waals surface area contributed by atoms with E-state index in [0.717, 1.165) is 33.2 Å². The number of hydrogen-bond acceptors (Lipinski definition) is 5. The second-order valence-electron chi connectivity index (χ2n) is 5.94. The third-order valence-corrected chi connectivity index (χ3v) is 5.02. The summed E-state index contributed by atoms with van der Waals surface area (Å²) in [5.41, 5.74) is 3.99. The summed E-state index contributed by atoms with van der Waals surface area (Å²) >= 11 is 1.23. The van der Waals surface area contributed by atoms with Crippen molar-refractivity contribution < 1.29 is 9.90 Å². The molecule has 0 amide bonds. The van der Waals surface area contributed by atoms with Gasteiger partial charge in [0, 0.05) is 17.3 Å². The fourth-order valence-corrected chi connectivity index (χ4v) is 3.42. The van der Waals surface area contributed by atoms with Gasteiger partial charge in [-0.05, 0) is 60.2 Å². The Bertz CT molecular complexity index is 1080. The summed E-state index contributed by atoms with van der Waals surface area (Å²) in [4.78, 5) is 25.8. The molecular weight excluding hydrogens is 370 g/mol. The van der Waals surface area contributed by atoms with E-state index in [-0.39, 0.29) is 0 Å². The lowest BCUT2D eigenvalue weighted by Gasteiger charge is -2.06. The highest BCUT2D eigenvalue weighted by atomic mass is 32.1. The van der Waals surface area contributed by atoms with Crippen LogP contribution in [0.25, 0.3) is 34.9 Å². The Balaban J connectivity index is 1.75. The van der Waals surface area contributed by atoms with Gasteiger partial charge in [-0.25, -0.2) is 9.78 Å². The van der Waals surface area contributed by atoms with Gasteiger partial charge in [0.1, 0.15) is 4.88 Å². The van der Waals surface area contributed by atoms with Gasteiger partial charge < -0.3 is 5.11 Å². The average molecular weight is 385 g/mol. The maximum Gasteiger partial charge on any atom is 0.345 e. The van der Waals surface area contributed by atoms with Crippen molar-refractivity contribution in [3.8, 4) is 22.8 Å². The van der Waals surface area contributed by atoms with Gasteiger partial charge in [-0.15, -0.1) is 11.3 Å². The first-order valence-corrected chi connectivity index (χ1v) is 9.37. The van der Waals surface area contributed by atoms with Gasteiger partial charge in [-0.1, -0.05) is 18.2 Å². The first-order valence-electron chi connectivity index (χ1n) is 8.55. The van der Waals surface area contributed by atoms with Gasteiger partial charge >= 0.3 is 5.97 Å². The van der Waals surface area contributed by atoms with E-state index >= 15 is 0 Å². The minimum Gasteiger partial charge on any atom is -0.477 e. The highest BCUT2D eigenvalue weighted by Gasteiger charge is 2.08. The molecule has 4 heterocycles. The van der Waals surface area contributed by atoms with Crippen LogP contribution in [0, 0.1) is 0 Å². The maximum atomic E-state index is 11.1. The van der Waals surface area contributed by atoms with Crippen LogP contribution in [0.15, 0.2) is 73.1 Å². The molecule has 0 saturated carbocycles. The number of aromatic carboxylic acids is 1. The molecule has 28 heavy (non-hydrogen) atoms. The summed E-state index contributed by atoms with van der Waals surface area (Å²) in [6, 6.07) is 18.7. The molecule has 0 fully saturated rings. The van der Waals surface area contributed by atoms with Gasteiger partial charge in [-0.2, -0.15) is 0 Å². The predicted molar refractivity (Wildman–Crippen MR) is 111 cm³/mol. The SMILES string of the molecule is O=C(O)c1ccc(/C=C/c2cc(-c3ccccn3)nc(-c3ccccn3)c2)s1. The lowest BCUT2D eigenvalue weighted by Crippen LogP contribution is -1.93. The molecule has 4 rings (SSSR count). The largest absolute Gasteiger partial charge is 0.477 e. The quantitative estimate of drug-likeness (QED) is 0.515. The molecule has 0 bridgehead atoms. The summed E-state index contributed by atoms with van der Waals surface area (Å²) < 4.78 is 0. The lowest BCUT2D eigenvalue weighted by molar-refractivity contribution is 0.0702. The summed E-state index contributed by atoms with van der Waals surface area (Å²) in [6.45, 7) is 0. The zero-order valence-electron chi connectivity index (χ0n) is 14.7. The van der Waals surface area contributed by atoms with E-state index < -0.39 is 5.97 Å². The predicted octanol–water partition coefficient (Wildman–Crippen LogP) is 5.14. The average Bonchev–Trinajstić information content (AvgIpc) is 3.23. The van der Waals surface area contributed by atoms with Crippen LogP contribution in [0.3, 0.4) is 0 Å². The third kappa shape index (κ3) is 4.02. The molecule has 0 radical (unpaired) electrons. The maximum absolute atomic E-state index is 11.1. The summed E-state index contributed by atoms with van der Waals surface area (Å²) in [6.07, 6.45) is 7.31. The number of thiophene rings is 1. The van der Waals surface area contributed by atoms with Crippen LogP contribution in [-0.4, -0.2) is 26.0 Å². The van der Waals surface area contributed by atoms with Crippen LogP contribution in [-0.2, 0) is 0 Å². The number of nitrogens with zero attached hydrogens (tertiary/aromatic N) is 3. The van der Waals surface area contributed by atoms with E-state index in [1.165, 1.54) is 11.3 Å². The van der Waals surface area contributed by atoms with Crippen LogP contribution in [0.1, 0.15) is 20.1 Å². The van der Waals surface area contributed by atoms with Crippen molar-refractivity contribution in [1.82, 2.24) is 15.0 Å². The summed E-state index contributed by atoms with van der Waals surface area (Å²) in [5.74, 6) is -0.913. The Labute approximate surface area is 165 Å². The van der Waals surface area contributed by atoms with E-state index in [1.54, 1.807) is 24.5 Å². The molecule has 4 aromatic rings. The number of pyridine rings is 3. The highest BCUT2D eigenvalue weighted by molar-refractivity contribution is 7.14. The van der Waals surface area contributed by atoms with E-state index in [1.807, 2.05) is 60.7 Å². The Kier molecular flexibility index (Phi) is 5.03. The van der Waals surface area contributed by atoms with E-state index in [2.05, 4.69) is 9.97 Å². The summed E-state index contributed by atoms with van der Waals surface area (Å²) in [5, 5.41) is 9.07. The van der Waals surface area contributed by atoms with Crippen molar-refractivity contribution in [2.24, 2.45) is 0 Å². The van der Waals surface area contributed by atoms with Gasteiger partial charge in [0.25, 0.3) is 0 Å². The van der Waals surface area contributed by atoms with Crippen molar-refractivity contribution >= 4 is 29.5 Å². The number of carbonyl (C=O) groups is 1. The number of aromatic nitrogens is 3. The monoisotopic (exact) mass is 385 g/mol. The van der Waals surface area contributed by atoms with Crippen LogP contribution < -0.4 is 0 Å². The lowest BCUT2D eigenvalue weighted by atomic mass is 10.1. The van der Waals surface area contributed by atoms with E-state index in [4.69, 9.17) is 10.1 Å². The van der Waals surface area contributed by atoms with Crippen LogP contribution >= 0.6 is 11.3 Å². The first-order chi connectivity index (χ1) is 13.7. The van der Waals surface area contributed by atoms with Crippen LogP contribution in [0.5, 0.6) is 0 Å². The molecule has 6 heteroatoms. The molecule has 0 unspecified atom stereocenters. The molecule has 0 saturated heterocycles. The number of rotatable bonds is 5. The van der Waals surface area contributed by atoms with Gasteiger partial charge in [-0.3, -0.25) is 9.97 Å². The second-order valence-corrected chi connectivity index (χ2v) is 7.06. The molecule has 5 nitrogen and oxygen atoms in total. The molecule has 0 spiro atoms. The van der Waals surface area contributed by atoms with Crippen molar-refractivity contribution in [3.05, 3.63) is 88.4 Å². The molecular formula is C22H15N3O2S. The number of carboxylic acid groups (broad SMARTS) is 1. The second kappa shape index (κ2) is 7.94. The molecule has 4 aromatic heterocycles. The highest BCUT2D eigenvalue weighted by Crippen LogP contribution is 2.25. The third-order valence-electron chi connectivity index (χ3n) is 3.98. The van der Waals surface area contributed by atoms with Crippen molar-refractivity contribution in [2.45, 2.75) is 0 Å². The zero-order chi connectivity index (χ0) is 19.3. The molecule has 0 aliphatic heterocycles. The van der Waals surface area contributed by atoms with E-state index in [0.29, 0.717) is 4.88 Å². The first kappa shape index (κ1) is 17.8. The number of hydrogen-bond donors (Lipinski definition) is 1. The minimum atomic E-state index is -0.913. The van der Waals surface area contributed by atoms with Crippen molar-refractivity contribution in [1.29, 1.82) is 0 Å². The van der Waals surface area contributed by atoms with Gasteiger partial charge in [0.05, 0.1) is 22.8 Å². The van der Waals surface area contributed by atoms with E-state index in [9.17, 15) is 4.79 Å². The smallest absolute Gasteiger partial charge is 0.345 e. The standard InChI is InChI=1S/C22H15N3O2S/c26-22(27)21-10-9-16(28-21)8-7-15-13-19(17-5-1-3-11-23-17)25-20(14-15)18-6-2-4-12-24-18/h1-14H,(H,26,27)/b8-7+. The van der Waals surface area contributed by atoms with Crippen molar-refractivity contribution in [2.75, 3.05) is 0 Å². The summed E-state index contributed by atoms with van der Waals surface area (Å²) in [7, 11) is 0. The Morgan fingerprint density at radius 3 is 1.96 bits per heavy atom. The molecule has 1 N–H and O–H groups in total. The molecule has 0 aromatic carbocycles. The van der Waals surface area contributed by atoms with Crippen molar-refractivity contribution in [3.63, 3.8) is 0 Å². The van der Waals surface area contributed by atoms with Crippen LogP contribution in [0.4, 0.5) is 0 Å². The van der Waals surface area contributed by atoms with Gasteiger partial charge in [0.15, 0.2) is 0 Å². The molecule has 0 atom stereocenters. The molecule has 136 valence electrons. The minimum absolute atomic E-state index is 0.317. The van der Waals surface area contributed by atoms with Crippen LogP contribution in [0.2, 0.25) is 0 Å². The van der Waals surface area contributed by atoms with Gasteiger partial charge in [0.2, 0.25) is 0 Å². The molecule has 0 aliphatic rings. The fourth-order valence-electron chi connectivity index (χ4n) is 2.67. The fraction of sp³-hybridized carbons (Fsp3) is 0. The number of carboxylic acids is 1. The zero-order valence-corrected chi connectivity index (χ0v) is 15.5. The Hall–Kier alpha value is -3.64. The molecule has 0 aliphatic carbocycles.